The van der Waals surface area contributed by atoms with Gasteiger partial charge in [-0.2, -0.15) is 0 Å². The van der Waals surface area contributed by atoms with E-state index in [-0.39, 0.29) is 29.7 Å². The first kappa shape index (κ1) is 16.1. The van der Waals surface area contributed by atoms with E-state index in [2.05, 4.69) is 0 Å². The number of esters is 2. The molecule has 0 N–H and O–H groups in total. The molecule has 0 amide bonds. The van der Waals surface area contributed by atoms with E-state index in [4.69, 9.17) is 9.47 Å². The van der Waals surface area contributed by atoms with Crippen LogP contribution in [0.2, 0.25) is 0 Å². The number of ether oxygens (including phenoxy) is 2. The van der Waals surface area contributed by atoms with Crippen LogP contribution in [0.4, 0.5) is 0 Å². The van der Waals surface area contributed by atoms with Crippen LogP contribution in [0.5, 0.6) is 0 Å². The van der Waals surface area contributed by atoms with Crippen molar-refractivity contribution in [1.29, 1.82) is 0 Å². The Balaban J connectivity index is 1.82. The Morgan fingerprint density at radius 2 is 1.14 bits per heavy atom. The van der Waals surface area contributed by atoms with Gasteiger partial charge < -0.3 is 9.47 Å². The van der Waals surface area contributed by atoms with Gasteiger partial charge in [0.15, 0.2) is 0 Å². The number of carbonyl (C=O) groups is 2. The summed E-state index contributed by atoms with van der Waals surface area (Å²) in [5, 5.41) is 0. The summed E-state index contributed by atoms with van der Waals surface area (Å²) in [6.07, 6.45) is 11.8. The largest absolute Gasteiger partial charge is 0.393 e. The highest BCUT2D eigenvalue weighted by atomic mass is 16.7. The Labute approximate surface area is 126 Å². The molecule has 0 aromatic rings. The summed E-state index contributed by atoms with van der Waals surface area (Å²) >= 11 is 0. The van der Waals surface area contributed by atoms with Crippen molar-refractivity contribution in [1.82, 2.24) is 0 Å². The molecule has 2 aliphatic rings. The Bertz CT molecular complexity index is 354. The highest BCUT2D eigenvalue weighted by Crippen LogP contribution is 2.27. The molecule has 2 fully saturated rings. The molecule has 0 radical (unpaired) electrons. The molecule has 0 spiro atoms. The molecule has 0 aromatic heterocycles. The second-order valence-corrected chi connectivity index (χ2v) is 6.12. The first-order valence-corrected chi connectivity index (χ1v) is 8.30. The van der Waals surface area contributed by atoms with Crippen molar-refractivity contribution in [3.05, 3.63) is 12.0 Å². The normalized spacial score (nSPS) is 20.6. The molecule has 0 heterocycles. The molecule has 0 saturated heterocycles. The zero-order chi connectivity index (χ0) is 15.1. The molecule has 0 unspecified atom stereocenters. The van der Waals surface area contributed by atoms with Gasteiger partial charge in [0.2, 0.25) is 0 Å². The smallest absolute Gasteiger partial charge is 0.316 e. The molecule has 0 atom stereocenters. The van der Waals surface area contributed by atoms with E-state index in [9.17, 15) is 9.59 Å². The average Bonchev–Trinajstić information content (AvgIpc) is 2.55. The third kappa shape index (κ3) is 4.87. The van der Waals surface area contributed by atoms with E-state index in [1.165, 1.54) is 12.8 Å². The van der Waals surface area contributed by atoms with E-state index in [1.807, 2.05) is 0 Å². The van der Waals surface area contributed by atoms with E-state index in [0.29, 0.717) is 0 Å². The van der Waals surface area contributed by atoms with Crippen LogP contribution in [0.3, 0.4) is 0 Å². The quantitative estimate of drug-likeness (QED) is 0.578. The molecule has 0 bridgehead atoms. The fraction of sp³-hybridized carbons (Fsp3) is 0.765. The van der Waals surface area contributed by atoms with Gasteiger partial charge in [0.05, 0.1) is 11.8 Å². The van der Waals surface area contributed by atoms with Gasteiger partial charge in [-0.3, -0.25) is 9.59 Å². The van der Waals surface area contributed by atoms with Crippen LogP contribution in [-0.4, -0.2) is 11.9 Å². The Kier molecular flexibility index (Phi) is 6.27. The summed E-state index contributed by atoms with van der Waals surface area (Å²) in [5.41, 5.74) is 0. The highest BCUT2D eigenvalue weighted by Gasteiger charge is 2.27. The zero-order valence-electron chi connectivity index (χ0n) is 12.9. The van der Waals surface area contributed by atoms with Gasteiger partial charge in [-0.1, -0.05) is 38.5 Å². The molecule has 21 heavy (non-hydrogen) atoms. The lowest BCUT2D eigenvalue weighted by Gasteiger charge is -2.22. The molecule has 2 aliphatic carbocycles. The Morgan fingerprint density at radius 1 is 0.762 bits per heavy atom. The highest BCUT2D eigenvalue weighted by molar-refractivity contribution is 5.76. The maximum absolute atomic E-state index is 12.1. The van der Waals surface area contributed by atoms with E-state index in [0.717, 1.165) is 51.4 Å². The lowest BCUT2D eigenvalue weighted by Crippen LogP contribution is -2.24. The topological polar surface area (TPSA) is 52.6 Å². The zero-order valence-corrected chi connectivity index (χ0v) is 12.9. The minimum atomic E-state index is -0.251. The van der Waals surface area contributed by atoms with Crippen LogP contribution in [0.25, 0.3) is 0 Å². The van der Waals surface area contributed by atoms with Crippen LogP contribution in [-0.2, 0) is 19.1 Å². The predicted octanol–water partition coefficient (Wildman–Crippen LogP) is 4.09. The number of rotatable bonds is 4. The van der Waals surface area contributed by atoms with Crippen molar-refractivity contribution in [2.75, 3.05) is 0 Å². The molecular formula is C17H26O4. The fourth-order valence-corrected chi connectivity index (χ4v) is 3.18. The van der Waals surface area contributed by atoms with Crippen LogP contribution in [0, 0.1) is 11.8 Å². The van der Waals surface area contributed by atoms with Gasteiger partial charge in [-0.05, 0) is 38.7 Å². The van der Waals surface area contributed by atoms with Crippen LogP contribution < -0.4 is 0 Å². The standard InChI is InChI=1S/C17H26O4/c1-2-15(20-16(18)13-9-5-3-6-10-13)21-17(19)14-11-7-4-8-12-14/h2,13-14H,3-12H2,1H3. The van der Waals surface area contributed by atoms with E-state index < -0.39 is 0 Å². The summed E-state index contributed by atoms with van der Waals surface area (Å²) in [4.78, 5) is 24.1. The average molecular weight is 294 g/mol. The summed E-state index contributed by atoms with van der Waals surface area (Å²) in [5.74, 6) is -0.524. The minimum absolute atomic E-state index is 0.0397. The molecule has 118 valence electrons. The fourth-order valence-electron chi connectivity index (χ4n) is 3.18. The van der Waals surface area contributed by atoms with Gasteiger partial charge in [-0.15, -0.1) is 0 Å². The van der Waals surface area contributed by atoms with Gasteiger partial charge in [0.25, 0.3) is 5.95 Å². The number of hydrogen-bond donors (Lipinski definition) is 0. The molecule has 0 aromatic carbocycles. The molecular weight excluding hydrogens is 268 g/mol. The maximum atomic E-state index is 12.1. The lowest BCUT2D eigenvalue weighted by molar-refractivity contribution is -0.160. The second-order valence-electron chi connectivity index (χ2n) is 6.12. The first-order chi connectivity index (χ1) is 10.2. The molecule has 2 rings (SSSR count). The second kappa shape index (κ2) is 8.20. The van der Waals surface area contributed by atoms with Crippen LogP contribution >= 0.6 is 0 Å². The van der Waals surface area contributed by atoms with Crippen molar-refractivity contribution in [2.24, 2.45) is 11.8 Å². The van der Waals surface area contributed by atoms with Gasteiger partial charge >= 0.3 is 11.9 Å². The number of hydrogen-bond acceptors (Lipinski definition) is 4. The summed E-state index contributed by atoms with van der Waals surface area (Å²) in [6, 6.07) is 0. The number of allylic oxidation sites excluding steroid dienone is 1. The van der Waals surface area contributed by atoms with Crippen LogP contribution in [0.1, 0.15) is 71.1 Å². The minimum Gasteiger partial charge on any atom is -0.393 e. The summed E-state index contributed by atoms with van der Waals surface area (Å²) < 4.78 is 10.6. The molecule has 2 saturated carbocycles. The third-order valence-corrected chi connectivity index (χ3v) is 4.52. The Hall–Kier alpha value is -1.32. The van der Waals surface area contributed by atoms with E-state index in [1.54, 1.807) is 13.0 Å². The molecule has 0 aliphatic heterocycles. The van der Waals surface area contributed by atoms with Gasteiger partial charge in [0, 0.05) is 0 Å². The molecule has 4 heteroatoms. The van der Waals surface area contributed by atoms with Crippen molar-refractivity contribution in [3.8, 4) is 0 Å². The predicted molar refractivity (Wildman–Crippen MR) is 79.1 cm³/mol. The number of carbonyl (C=O) groups excluding carboxylic acids is 2. The summed E-state index contributed by atoms with van der Waals surface area (Å²) in [6.45, 7) is 1.72. The monoisotopic (exact) mass is 294 g/mol. The lowest BCUT2D eigenvalue weighted by atomic mass is 9.89. The molecule has 4 nitrogen and oxygen atoms in total. The summed E-state index contributed by atoms with van der Waals surface area (Å²) in [7, 11) is 0. The van der Waals surface area contributed by atoms with Crippen molar-refractivity contribution < 1.29 is 19.1 Å². The van der Waals surface area contributed by atoms with Crippen molar-refractivity contribution in [2.45, 2.75) is 71.1 Å². The van der Waals surface area contributed by atoms with Crippen molar-refractivity contribution >= 4 is 11.9 Å². The first-order valence-electron chi connectivity index (χ1n) is 8.30. The van der Waals surface area contributed by atoms with Crippen molar-refractivity contribution in [3.63, 3.8) is 0 Å². The van der Waals surface area contributed by atoms with E-state index >= 15 is 0 Å². The Morgan fingerprint density at radius 3 is 1.48 bits per heavy atom. The van der Waals surface area contributed by atoms with Crippen LogP contribution in [0.15, 0.2) is 12.0 Å². The SMILES string of the molecule is CC=C(OC(=O)C1CCCCC1)OC(=O)C1CCCCC1. The maximum Gasteiger partial charge on any atom is 0.316 e. The van der Waals surface area contributed by atoms with Gasteiger partial charge in [-0.25, -0.2) is 0 Å². The third-order valence-electron chi connectivity index (χ3n) is 4.52. The van der Waals surface area contributed by atoms with Gasteiger partial charge in [0.1, 0.15) is 0 Å².